The molecule has 6 nitrogen and oxygen atoms in total. The highest BCUT2D eigenvalue weighted by molar-refractivity contribution is 6.04. The Morgan fingerprint density at radius 2 is 0.710 bits per heavy atom. The van der Waals surface area contributed by atoms with Crippen molar-refractivity contribution < 1.29 is 0 Å². The number of nitrogens with zero attached hydrogens (tertiary/aromatic N) is 6. The second-order valence-corrected chi connectivity index (χ2v) is 14.9. The second-order valence-electron chi connectivity index (χ2n) is 14.9. The average molecular weight is 791 g/mol. The van der Waals surface area contributed by atoms with Crippen molar-refractivity contribution in [2.45, 2.75) is 0 Å². The van der Waals surface area contributed by atoms with Crippen molar-refractivity contribution in [2.24, 2.45) is 0 Å². The van der Waals surface area contributed by atoms with E-state index < -0.39 is 0 Å². The summed E-state index contributed by atoms with van der Waals surface area (Å²) in [6.07, 6.45) is 0. The summed E-state index contributed by atoms with van der Waals surface area (Å²) in [5.74, 6) is 1.26. The zero-order chi connectivity index (χ0) is 41.8. The van der Waals surface area contributed by atoms with Gasteiger partial charge >= 0.3 is 0 Å². The Morgan fingerprint density at radius 1 is 0.355 bits per heavy atom. The monoisotopic (exact) mass is 790 g/mol. The highest BCUT2D eigenvalue weighted by Crippen LogP contribution is 2.37. The van der Waals surface area contributed by atoms with Crippen molar-refractivity contribution >= 4 is 16.5 Å². The largest absolute Gasteiger partial charge is 0.238 e. The smallest absolute Gasteiger partial charge is 0.187 e. The number of hydrogen-bond donors (Lipinski definition) is 0. The van der Waals surface area contributed by atoms with Crippen LogP contribution in [0.4, 0.5) is 5.69 Å². The third-order valence-corrected chi connectivity index (χ3v) is 11.0. The summed E-state index contributed by atoms with van der Waals surface area (Å²) in [5, 5.41) is 11.7. The molecule has 0 spiro atoms. The van der Waals surface area contributed by atoms with Crippen LogP contribution in [-0.4, -0.2) is 19.9 Å². The molecule has 0 bridgehead atoms. The summed E-state index contributed by atoms with van der Waals surface area (Å²) in [7, 11) is 0. The standard InChI is InChI=1S/C56H34N6/c1-58-46-32-30-43(31-33-46)54-35-52(41-12-6-3-7-13-41)60-56(62-54)45-28-24-39(25-29-45)48-15-9-16-49-47(14-8-17-50(48)49)38-22-26-44(27-23-38)55-59-51(40-10-4-2-5-11-40)34-53(61-55)42-20-18-37(36-57)19-21-42/h2-35H. The van der Waals surface area contributed by atoms with E-state index in [9.17, 15) is 5.26 Å². The van der Waals surface area contributed by atoms with E-state index in [0.717, 1.165) is 89.2 Å². The maximum atomic E-state index is 9.36. The highest BCUT2D eigenvalue weighted by Gasteiger charge is 2.15. The number of hydrogen-bond acceptors (Lipinski definition) is 5. The van der Waals surface area contributed by atoms with Crippen LogP contribution in [0, 0.1) is 17.9 Å². The van der Waals surface area contributed by atoms with Crippen LogP contribution in [0.25, 0.3) is 106 Å². The van der Waals surface area contributed by atoms with Crippen molar-refractivity contribution in [3.63, 3.8) is 0 Å². The Hall–Kier alpha value is -8.84. The summed E-state index contributed by atoms with van der Waals surface area (Å²) in [4.78, 5) is 23.6. The lowest BCUT2D eigenvalue weighted by Crippen LogP contribution is -1.96. The molecule has 0 radical (unpaired) electrons. The third kappa shape index (κ3) is 7.48. The Kier molecular flexibility index (Phi) is 9.92. The van der Waals surface area contributed by atoms with E-state index in [4.69, 9.17) is 26.5 Å². The van der Waals surface area contributed by atoms with E-state index in [1.165, 1.54) is 0 Å². The number of rotatable bonds is 8. The van der Waals surface area contributed by atoms with E-state index >= 15 is 0 Å². The molecule has 10 rings (SSSR count). The number of nitriles is 1. The van der Waals surface area contributed by atoms with Crippen molar-refractivity contribution in [2.75, 3.05) is 0 Å². The molecule has 0 aliphatic heterocycles. The van der Waals surface area contributed by atoms with E-state index in [2.05, 4.69) is 120 Å². The highest BCUT2D eigenvalue weighted by atomic mass is 14.9. The molecule has 2 aromatic heterocycles. The lowest BCUT2D eigenvalue weighted by Gasteiger charge is -2.13. The molecule has 0 saturated carbocycles. The maximum absolute atomic E-state index is 9.36. The van der Waals surface area contributed by atoms with Crippen LogP contribution in [0.5, 0.6) is 0 Å². The molecule has 0 atom stereocenters. The fourth-order valence-corrected chi connectivity index (χ4v) is 7.80. The van der Waals surface area contributed by atoms with E-state index in [1.54, 1.807) is 0 Å². The van der Waals surface area contributed by atoms with Gasteiger partial charge in [-0.1, -0.05) is 182 Å². The first-order chi connectivity index (χ1) is 30.6. The molecule has 0 saturated heterocycles. The quantitative estimate of drug-likeness (QED) is 0.143. The van der Waals surface area contributed by atoms with Gasteiger partial charge in [-0.25, -0.2) is 24.8 Å². The zero-order valence-electron chi connectivity index (χ0n) is 33.3. The van der Waals surface area contributed by atoms with Crippen molar-refractivity contribution in [3.8, 4) is 96.1 Å². The van der Waals surface area contributed by atoms with Gasteiger partial charge < -0.3 is 0 Å². The normalized spacial score (nSPS) is 10.9. The van der Waals surface area contributed by atoms with Crippen molar-refractivity contribution in [1.82, 2.24) is 19.9 Å². The molecule has 8 aromatic carbocycles. The minimum absolute atomic E-state index is 0.590. The van der Waals surface area contributed by atoms with Crippen LogP contribution in [0.1, 0.15) is 5.56 Å². The van der Waals surface area contributed by atoms with Crippen LogP contribution in [0.2, 0.25) is 0 Å². The van der Waals surface area contributed by atoms with Crippen LogP contribution >= 0.6 is 0 Å². The molecule has 0 unspecified atom stereocenters. The molecule has 0 fully saturated rings. The Bertz CT molecular complexity index is 3090. The summed E-state index contributed by atoms with van der Waals surface area (Å²) >= 11 is 0. The van der Waals surface area contributed by atoms with Gasteiger partial charge in [-0.2, -0.15) is 5.26 Å². The van der Waals surface area contributed by atoms with Crippen LogP contribution in [0.3, 0.4) is 0 Å². The molecule has 10 aromatic rings. The molecule has 288 valence electrons. The Morgan fingerprint density at radius 3 is 1.10 bits per heavy atom. The average Bonchev–Trinajstić information content (AvgIpc) is 3.36. The van der Waals surface area contributed by atoms with Gasteiger partial charge in [0.2, 0.25) is 0 Å². The molecular weight excluding hydrogens is 757 g/mol. The first-order valence-corrected chi connectivity index (χ1v) is 20.2. The van der Waals surface area contributed by atoms with Gasteiger partial charge in [-0.3, -0.25) is 0 Å². The summed E-state index contributed by atoms with van der Waals surface area (Å²) < 4.78 is 0. The van der Waals surface area contributed by atoms with Gasteiger partial charge in [-0.05, 0) is 62.9 Å². The van der Waals surface area contributed by atoms with Crippen LogP contribution in [-0.2, 0) is 0 Å². The molecule has 0 aliphatic carbocycles. The third-order valence-electron chi connectivity index (χ3n) is 11.0. The van der Waals surface area contributed by atoms with Gasteiger partial charge in [0.05, 0.1) is 41.0 Å². The van der Waals surface area contributed by atoms with Gasteiger partial charge in [0, 0.05) is 27.8 Å². The van der Waals surface area contributed by atoms with Gasteiger partial charge in [-0.15, -0.1) is 0 Å². The van der Waals surface area contributed by atoms with E-state index in [1.807, 2.05) is 97.1 Å². The van der Waals surface area contributed by atoms with Gasteiger partial charge in [0.1, 0.15) is 0 Å². The first-order valence-electron chi connectivity index (χ1n) is 20.2. The molecule has 0 amide bonds. The summed E-state index contributed by atoms with van der Waals surface area (Å²) in [6, 6.07) is 71.4. The molecule has 62 heavy (non-hydrogen) atoms. The molecule has 2 heterocycles. The topological polar surface area (TPSA) is 79.7 Å². The van der Waals surface area contributed by atoms with E-state index in [-0.39, 0.29) is 0 Å². The predicted molar refractivity (Wildman–Crippen MR) is 250 cm³/mol. The minimum Gasteiger partial charge on any atom is -0.238 e. The fraction of sp³-hybridized carbons (Fsp3) is 0. The van der Waals surface area contributed by atoms with Gasteiger partial charge in [0.15, 0.2) is 17.3 Å². The van der Waals surface area contributed by atoms with Crippen molar-refractivity contribution in [1.29, 1.82) is 5.26 Å². The predicted octanol–water partition coefficient (Wildman–Crippen LogP) is 14.2. The Labute approximate surface area is 359 Å². The molecule has 0 N–H and O–H groups in total. The SMILES string of the molecule is [C-]#[N+]c1ccc(-c2cc(-c3ccccc3)nc(-c3ccc(-c4cccc5c(-c6ccc(-c7nc(-c8ccccc8)cc(-c8ccc(C#N)cc8)n7)cc6)cccc45)cc3)n2)cc1. The lowest BCUT2D eigenvalue weighted by molar-refractivity contribution is 1.18. The van der Waals surface area contributed by atoms with Crippen LogP contribution in [0.15, 0.2) is 206 Å². The molecular formula is C56H34N6. The fourth-order valence-electron chi connectivity index (χ4n) is 7.80. The lowest BCUT2D eigenvalue weighted by atomic mass is 9.92. The zero-order valence-corrected chi connectivity index (χ0v) is 33.3. The van der Waals surface area contributed by atoms with Gasteiger partial charge in [0.25, 0.3) is 0 Å². The summed E-state index contributed by atoms with van der Waals surface area (Å²) in [6.45, 7) is 7.37. The first kappa shape index (κ1) is 37.4. The maximum Gasteiger partial charge on any atom is 0.187 e. The Balaban J connectivity index is 0.977. The minimum atomic E-state index is 0.590. The number of benzene rings is 8. The number of aromatic nitrogens is 4. The molecule has 0 aliphatic rings. The summed E-state index contributed by atoms with van der Waals surface area (Å²) in [5.41, 5.74) is 14.6. The second kappa shape index (κ2) is 16.4. The van der Waals surface area contributed by atoms with Crippen molar-refractivity contribution in [3.05, 3.63) is 223 Å². The number of fused-ring (bicyclic) bond motifs is 1. The van der Waals surface area contributed by atoms with E-state index in [0.29, 0.717) is 22.9 Å². The molecule has 6 heteroatoms. The van der Waals surface area contributed by atoms with Crippen LogP contribution < -0.4 is 0 Å².